The van der Waals surface area contributed by atoms with Gasteiger partial charge in [0.05, 0.1) is 4.92 Å². The van der Waals surface area contributed by atoms with Crippen LogP contribution in [0.25, 0.3) is 0 Å². The summed E-state index contributed by atoms with van der Waals surface area (Å²) in [5, 5.41) is 19.4. The molecular formula is C16H16N6O2S. The van der Waals surface area contributed by atoms with Gasteiger partial charge in [0, 0.05) is 17.1 Å². The summed E-state index contributed by atoms with van der Waals surface area (Å²) < 4.78 is 0. The molecule has 0 aliphatic carbocycles. The van der Waals surface area contributed by atoms with Crippen molar-refractivity contribution in [1.29, 1.82) is 0 Å². The molecule has 0 aliphatic heterocycles. The molecule has 3 rings (SSSR count). The Labute approximate surface area is 148 Å². The second-order valence-electron chi connectivity index (χ2n) is 5.22. The number of nitrogens with one attached hydrogen (secondary N) is 2. The quantitative estimate of drug-likeness (QED) is 0.492. The number of nitro groups is 1. The van der Waals surface area contributed by atoms with E-state index in [2.05, 4.69) is 25.6 Å². The van der Waals surface area contributed by atoms with Gasteiger partial charge in [0.25, 0.3) is 0 Å². The highest BCUT2D eigenvalue weighted by atomic mass is 32.1. The second-order valence-corrected chi connectivity index (χ2v) is 6.25. The fraction of sp³-hybridized carbons (Fsp3) is 0.188. The Balaban J connectivity index is 1.80. The standard InChI is InChI=1S/C16H16N6O2S/c1-11-4-2-6-13(20-11)21-16-14(22(23)24)15(18-10-19-16)17-8-7-12-5-3-9-25-12/h2-6,9-10H,7-8H2,1H3,(H2,17,18,19,20,21). The van der Waals surface area contributed by atoms with Gasteiger partial charge in [-0.3, -0.25) is 10.1 Å². The van der Waals surface area contributed by atoms with E-state index in [4.69, 9.17) is 0 Å². The van der Waals surface area contributed by atoms with Crippen LogP contribution in [-0.2, 0) is 6.42 Å². The van der Waals surface area contributed by atoms with Gasteiger partial charge in [-0.25, -0.2) is 15.0 Å². The Morgan fingerprint density at radius 3 is 2.76 bits per heavy atom. The molecule has 3 heterocycles. The molecule has 0 radical (unpaired) electrons. The largest absolute Gasteiger partial charge is 0.364 e. The maximum absolute atomic E-state index is 11.5. The van der Waals surface area contributed by atoms with Gasteiger partial charge in [0.2, 0.25) is 11.6 Å². The van der Waals surface area contributed by atoms with E-state index in [-0.39, 0.29) is 17.3 Å². The zero-order chi connectivity index (χ0) is 17.6. The van der Waals surface area contributed by atoms with Gasteiger partial charge >= 0.3 is 5.69 Å². The van der Waals surface area contributed by atoms with Crippen molar-refractivity contribution in [2.24, 2.45) is 0 Å². The highest BCUT2D eigenvalue weighted by molar-refractivity contribution is 7.09. The van der Waals surface area contributed by atoms with Crippen molar-refractivity contribution in [2.45, 2.75) is 13.3 Å². The van der Waals surface area contributed by atoms with E-state index >= 15 is 0 Å². The molecule has 0 saturated carbocycles. The number of hydrogen-bond donors (Lipinski definition) is 2. The molecule has 0 aliphatic rings. The lowest BCUT2D eigenvalue weighted by molar-refractivity contribution is -0.383. The fourth-order valence-corrected chi connectivity index (χ4v) is 2.97. The van der Waals surface area contributed by atoms with Crippen molar-refractivity contribution in [1.82, 2.24) is 15.0 Å². The lowest BCUT2D eigenvalue weighted by atomic mass is 10.3. The van der Waals surface area contributed by atoms with Gasteiger partial charge in [0.1, 0.15) is 12.1 Å². The van der Waals surface area contributed by atoms with Gasteiger partial charge in [-0.1, -0.05) is 12.1 Å². The van der Waals surface area contributed by atoms with Gasteiger partial charge in [-0.15, -0.1) is 11.3 Å². The van der Waals surface area contributed by atoms with Crippen LogP contribution in [0.2, 0.25) is 0 Å². The second kappa shape index (κ2) is 7.67. The molecule has 9 heteroatoms. The summed E-state index contributed by atoms with van der Waals surface area (Å²) in [6, 6.07) is 9.39. The molecule has 0 spiro atoms. The molecule has 0 aromatic carbocycles. The van der Waals surface area contributed by atoms with Crippen molar-refractivity contribution < 1.29 is 4.92 Å². The van der Waals surface area contributed by atoms with Crippen molar-refractivity contribution in [2.75, 3.05) is 17.2 Å². The Hall–Kier alpha value is -3.07. The number of pyridine rings is 1. The lowest BCUT2D eigenvalue weighted by Crippen LogP contribution is -2.10. The molecule has 0 amide bonds. The van der Waals surface area contributed by atoms with E-state index in [1.54, 1.807) is 17.4 Å². The first-order valence-corrected chi connectivity index (χ1v) is 8.48. The predicted octanol–water partition coefficient (Wildman–Crippen LogP) is 3.55. The first-order valence-electron chi connectivity index (χ1n) is 7.60. The topological polar surface area (TPSA) is 106 Å². The normalized spacial score (nSPS) is 10.4. The van der Waals surface area contributed by atoms with Crippen LogP contribution in [0.5, 0.6) is 0 Å². The summed E-state index contributed by atoms with van der Waals surface area (Å²) in [5.41, 5.74) is 0.605. The van der Waals surface area contributed by atoms with Crippen LogP contribution < -0.4 is 10.6 Å². The summed E-state index contributed by atoms with van der Waals surface area (Å²) in [6.07, 6.45) is 2.06. The monoisotopic (exact) mass is 356 g/mol. The van der Waals surface area contributed by atoms with E-state index in [1.807, 2.05) is 36.6 Å². The summed E-state index contributed by atoms with van der Waals surface area (Å²) in [6.45, 7) is 2.39. The zero-order valence-electron chi connectivity index (χ0n) is 13.5. The van der Waals surface area contributed by atoms with Gasteiger partial charge in [0.15, 0.2) is 0 Å². The smallest absolute Gasteiger partial charge is 0.353 e. The molecule has 0 unspecified atom stereocenters. The first kappa shape index (κ1) is 16.8. The van der Waals surface area contributed by atoms with Crippen LogP contribution in [-0.4, -0.2) is 26.4 Å². The van der Waals surface area contributed by atoms with E-state index in [0.717, 1.165) is 12.1 Å². The Morgan fingerprint density at radius 1 is 1.20 bits per heavy atom. The third-order valence-corrected chi connectivity index (χ3v) is 4.32. The summed E-state index contributed by atoms with van der Waals surface area (Å²) in [7, 11) is 0. The maximum Gasteiger partial charge on any atom is 0.353 e. The molecule has 2 N–H and O–H groups in total. The molecule has 0 atom stereocenters. The van der Waals surface area contributed by atoms with Gasteiger partial charge in [-0.2, -0.15) is 0 Å². The van der Waals surface area contributed by atoms with E-state index in [1.165, 1.54) is 11.2 Å². The number of nitrogens with zero attached hydrogens (tertiary/aromatic N) is 4. The minimum Gasteiger partial charge on any atom is -0.364 e. The minimum absolute atomic E-state index is 0.108. The SMILES string of the molecule is Cc1cccc(Nc2ncnc(NCCc3cccs3)c2[N+](=O)[O-])n1. The number of rotatable bonds is 7. The molecule has 3 aromatic rings. The van der Waals surface area contributed by atoms with Crippen molar-refractivity contribution >= 4 is 34.5 Å². The third kappa shape index (κ3) is 4.27. The average molecular weight is 356 g/mol. The van der Waals surface area contributed by atoms with Crippen molar-refractivity contribution in [3.63, 3.8) is 0 Å². The highest BCUT2D eigenvalue weighted by Crippen LogP contribution is 2.30. The van der Waals surface area contributed by atoms with E-state index in [9.17, 15) is 10.1 Å². The summed E-state index contributed by atoms with van der Waals surface area (Å²) in [5.74, 6) is 0.787. The van der Waals surface area contributed by atoms with E-state index < -0.39 is 4.92 Å². The number of aryl methyl sites for hydroxylation is 1. The van der Waals surface area contributed by atoms with Crippen molar-refractivity contribution in [3.05, 3.63) is 62.7 Å². The van der Waals surface area contributed by atoms with Crippen LogP contribution >= 0.6 is 11.3 Å². The number of anilines is 3. The Bertz CT molecular complexity index is 869. The van der Waals surface area contributed by atoms with Gasteiger partial charge in [-0.05, 0) is 36.9 Å². The maximum atomic E-state index is 11.5. The lowest BCUT2D eigenvalue weighted by Gasteiger charge is -2.09. The molecule has 0 saturated heterocycles. The average Bonchev–Trinajstić information content (AvgIpc) is 3.08. The molecule has 8 nitrogen and oxygen atoms in total. The fourth-order valence-electron chi connectivity index (χ4n) is 2.27. The Morgan fingerprint density at radius 2 is 2.04 bits per heavy atom. The Kier molecular flexibility index (Phi) is 5.14. The van der Waals surface area contributed by atoms with Crippen molar-refractivity contribution in [3.8, 4) is 0 Å². The molecule has 3 aromatic heterocycles. The van der Waals surface area contributed by atoms with Crippen LogP contribution in [0.3, 0.4) is 0 Å². The van der Waals surface area contributed by atoms with Crippen LogP contribution in [0.1, 0.15) is 10.6 Å². The number of hydrogen-bond acceptors (Lipinski definition) is 8. The van der Waals surface area contributed by atoms with Crippen LogP contribution in [0.15, 0.2) is 42.0 Å². The zero-order valence-corrected chi connectivity index (χ0v) is 14.3. The van der Waals surface area contributed by atoms with E-state index in [0.29, 0.717) is 12.4 Å². The number of aromatic nitrogens is 3. The molecule has 128 valence electrons. The summed E-state index contributed by atoms with van der Waals surface area (Å²) >= 11 is 1.65. The van der Waals surface area contributed by atoms with Crippen LogP contribution in [0.4, 0.5) is 23.1 Å². The first-order chi connectivity index (χ1) is 12.1. The molecule has 0 fully saturated rings. The third-order valence-electron chi connectivity index (χ3n) is 3.38. The molecule has 25 heavy (non-hydrogen) atoms. The predicted molar refractivity (Wildman–Crippen MR) is 97.5 cm³/mol. The van der Waals surface area contributed by atoms with Crippen LogP contribution in [0, 0.1) is 17.0 Å². The van der Waals surface area contributed by atoms with Gasteiger partial charge < -0.3 is 10.6 Å². The number of thiophene rings is 1. The molecule has 0 bridgehead atoms. The summed E-state index contributed by atoms with van der Waals surface area (Å²) in [4.78, 5) is 24.5. The minimum atomic E-state index is -0.494. The highest BCUT2D eigenvalue weighted by Gasteiger charge is 2.23. The molecular weight excluding hydrogens is 340 g/mol.